The van der Waals surface area contributed by atoms with Crippen LogP contribution in [0.15, 0.2) is 53.5 Å². The van der Waals surface area contributed by atoms with E-state index in [1.54, 1.807) is 36.0 Å². The molecule has 0 aromatic heterocycles. The maximum Gasteiger partial charge on any atom is 0.269 e. The normalized spacial score (nSPS) is 10.9. The van der Waals surface area contributed by atoms with Crippen molar-refractivity contribution < 1.29 is 9.31 Å². The summed E-state index contributed by atoms with van der Waals surface area (Å²) < 4.78 is 13.0. The average molecular weight is 518 g/mol. The van der Waals surface area contributed by atoms with Gasteiger partial charge >= 0.3 is 0 Å². The van der Waals surface area contributed by atoms with Crippen molar-refractivity contribution in [3.8, 4) is 0 Å². The van der Waals surface area contributed by atoms with Crippen molar-refractivity contribution in [2.75, 3.05) is 18.6 Å². The summed E-state index contributed by atoms with van der Waals surface area (Å²) in [5.74, 6) is 1.44. The van der Waals surface area contributed by atoms with E-state index in [4.69, 9.17) is 0 Å². The van der Waals surface area contributed by atoms with Crippen LogP contribution in [0.2, 0.25) is 0 Å². The minimum Gasteiger partial charge on any atom is -0.356 e. The van der Waals surface area contributed by atoms with E-state index >= 15 is 0 Å². The number of nitro benzene ring substituents is 1. The summed E-state index contributed by atoms with van der Waals surface area (Å²) in [6.07, 6.45) is 3.08. The Hall–Kier alpha value is -1.88. The molecule has 0 aliphatic carbocycles. The van der Waals surface area contributed by atoms with Crippen molar-refractivity contribution in [1.29, 1.82) is 0 Å². The lowest BCUT2D eigenvalue weighted by molar-refractivity contribution is -0.384. The fourth-order valence-electron chi connectivity index (χ4n) is 2.28. The summed E-state index contributed by atoms with van der Waals surface area (Å²) in [5.41, 5.74) is 1.90. The number of nitrogens with zero attached hydrogens (tertiary/aromatic N) is 2. The van der Waals surface area contributed by atoms with Crippen LogP contribution in [0.3, 0.4) is 0 Å². The van der Waals surface area contributed by atoms with Gasteiger partial charge in [0, 0.05) is 25.2 Å². The number of halogens is 2. The van der Waals surface area contributed by atoms with Gasteiger partial charge in [0.2, 0.25) is 0 Å². The number of hydrogen-bond donors (Lipinski definition) is 2. The molecule has 0 aliphatic heterocycles. The number of hydrogen-bond acceptors (Lipinski definition) is 4. The third kappa shape index (κ3) is 8.87. The minimum atomic E-state index is -0.417. The van der Waals surface area contributed by atoms with Gasteiger partial charge in [0.05, 0.1) is 11.5 Å². The maximum absolute atomic E-state index is 13.0. The molecule has 0 radical (unpaired) electrons. The molecule has 6 nitrogen and oxygen atoms in total. The third-order valence-electron chi connectivity index (χ3n) is 3.76. The Kier molecular flexibility index (Phi) is 11.5. The lowest BCUT2D eigenvalue weighted by Gasteiger charge is -2.13. The number of nitrogens with one attached hydrogen (secondary N) is 2. The lowest BCUT2D eigenvalue weighted by atomic mass is 10.2. The predicted octanol–water partition coefficient (Wildman–Crippen LogP) is 4.34. The first-order valence-corrected chi connectivity index (χ1v) is 9.97. The molecule has 2 rings (SSSR count). The predicted molar refractivity (Wildman–Crippen MR) is 124 cm³/mol. The topological polar surface area (TPSA) is 79.6 Å². The first kappa shape index (κ1) is 24.2. The summed E-state index contributed by atoms with van der Waals surface area (Å²) in [5, 5.41) is 17.2. The molecule has 9 heteroatoms. The van der Waals surface area contributed by atoms with Crippen LogP contribution in [-0.2, 0) is 13.1 Å². The Morgan fingerprint density at radius 1 is 1.11 bits per heavy atom. The highest BCUT2D eigenvalue weighted by Crippen LogP contribution is 2.11. The van der Waals surface area contributed by atoms with Crippen molar-refractivity contribution in [3.63, 3.8) is 0 Å². The highest BCUT2D eigenvalue weighted by atomic mass is 127. The van der Waals surface area contributed by atoms with Gasteiger partial charge in [-0.25, -0.2) is 9.38 Å². The lowest BCUT2D eigenvalue weighted by Crippen LogP contribution is -2.37. The fourth-order valence-corrected chi connectivity index (χ4v) is 2.71. The van der Waals surface area contributed by atoms with E-state index in [1.165, 1.54) is 24.3 Å². The monoisotopic (exact) mass is 518 g/mol. The first-order chi connectivity index (χ1) is 13.1. The number of rotatable bonds is 9. The van der Waals surface area contributed by atoms with Crippen LogP contribution in [0, 0.1) is 15.9 Å². The van der Waals surface area contributed by atoms with Crippen molar-refractivity contribution in [2.24, 2.45) is 4.99 Å². The molecule has 28 heavy (non-hydrogen) atoms. The standard InChI is InChI=1S/C19H23FN4O2S.HI/c1-27-12-2-11-21-19(22-13-15-3-7-17(20)8-4-15)23-14-16-5-9-18(10-6-16)24(25)26;/h3-10H,2,11-14H2,1H3,(H2,21,22,23);1H. The molecule has 0 saturated heterocycles. The van der Waals surface area contributed by atoms with E-state index in [1.807, 2.05) is 0 Å². The van der Waals surface area contributed by atoms with Gasteiger partial charge in [0.1, 0.15) is 5.82 Å². The number of non-ortho nitro benzene ring substituents is 1. The SMILES string of the molecule is CSCCCNC(=NCc1ccc(F)cc1)NCc1ccc([N+](=O)[O-])cc1.I. The summed E-state index contributed by atoms with van der Waals surface area (Å²) in [6.45, 7) is 1.71. The third-order valence-corrected chi connectivity index (χ3v) is 4.45. The Balaban J connectivity index is 0.00000392. The van der Waals surface area contributed by atoms with Gasteiger partial charge < -0.3 is 10.6 Å². The van der Waals surface area contributed by atoms with Crippen molar-refractivity contribution in [1.82, 2.24) is 10.6 Å². The molecule has 2 N–H and O–H groups in total. The summed E-state index contributed by atoms with van der Waals surface area (Å²) in [6, 6.07) is 12.7. The van der Waals surface area contributed by atoms with Crippen molar-refractivity contribution >= 4 is 47.4 Å². The molecule has 2 aromatic rings. The number of aliphatic imine (C=N–C) groups is 1. The van der Waals surface area contributed by atoms with Crippen molar-refractivity contribution in [2.45, 2.75) is 19.5 Å². The Morgan fingerprint density at radius 2 is 1.75 bits per heavy atom. The molecule has 0 amide bonds. The van der Waals surface area contributed by atoms with Crippen molar-refractivity contribution in [3.05, 3.63) is 75.6 Å². The molecule has 0 heterocycles. The van der Waals surface area contributed by atoms with Crippen LogP contribution in [0.25, 0.3) is 0 Å². The molecule has 0 saturated carbocycles. The van der Waals surface area contributed by atoms with Crippen LogP contribution in [0.5, 0.6) is 0 Å². The molecule has 2 aromatic carbocycles. The number of nitro groups is 1. The number of benzene rings is 2. The van der Waals surface area contributed by atoms with Crippen LogP contribution >= 0.6 is 35.7 Å². The largest absolute Gasteiger partial charge is 0.356 e. The van der Waals surface area contributed by atoms with Gasteiger partial charge in [0.15, 0.2) is 5.96 Å². The molecule has 0 bridgehead atoms. The quantitative estimate of drug-likeness (QED) is 0.129. The van der Waals surface area contributed by atoms with E-state index in [9.17, 15) is 14.5 Å². The van der Waals surface area contributed by atoms with Crippen LogP contribution in [0.1, 0.15) is 17.5 Å². The second-order valence-corrected chi connectivity index (χ2v) is 6.83. The molecular formula is C19H24FIN4O2S. The Bertz CT molecular complexity index is 758. The molecule has 0 atom stereocenters. The number of guanidine groups is 1. The van der Waals surface area contributed by atoms with Crippen LogP contribution < -0.4 is 10.6 Å². The van der Waals surface area contributed by atoms with E-state index < -0.39 is 4.92 Å². The average Bonchev–Trinajstić information content (AvgIpc) is 2.68. The van der Waals surface area contributed by atoms with Gasteiger partial charge in [0.25, 0.3) is 5.69 Å². The fraction of sp³-hybridized carbons (Fsp3) is 0.316. The zero-order valence-electron chi connectivity index (χ0n) is 15.6. The highest BCUT2D eigenvalue weighted by molar-refractivity contribution is 14.0. The van der Waals surface area contributed by atoms with Gasteiger partial charge in [-0.15, -0.1) is 24.0 Å². The van der Waals surface area contributed by atoms with Crippen LogP contribution in [0.4, 0.5) is 10.1 Å². The molecule has 0 aliphatic rings. The second-order valence-electron chi connectivity index (χ2n) is 5.84. The summed E-state index contributed by atoms with van der Waals surface area (Å²) >= 11 is 1.79. The summed E-state index contributed by atoms with van der Waals surface area (Å²) in [4.78, 5) is 14.8. The summed E-state index contributed by atoms with van der Waals surface area (Å²) in [7, 11) is 0. The highest BCUT2D eigenvalue weighted by Gasteiger charge is 2.05. The zero-order valence-corrected chi connectivity index (χ0v) is 18.7. The van der Waals surface area contributed by atoms with Gasteiger partial charge in [-0.1, -0.05) is 24.3 Å². The molecule has 0 spiro atoms. The zero-order chi connectivity index (χ0) is 19.5. The van der Waals surface area contributed by atoms with E-state index in [0.717, 1.165) is 29.8 Å². The second kappa shape index (κ2) is 13.3. The molecule has 0 unspecified atom stereocenters. The van der Waals surface area contributed by atoms with E-state index in [2.05, 4.69) is 21.9 Å². The van der Waals surface area contributed by atoms with Gasteiger partial charge in [-0.3, -0.25) is 10.1 Å². The smallest absolute Gasteiger partial charge is 0.269 e. The molecule has 0 fully saturated rings. The molecular weight excluding hydrogens is 494 g/mol. The number of thioether (sulfide) groups is 1. The first-order valence-electron chi connectivity index (χ1n) is 8.57. The Morgan fingerprint density at radius 3 is 2.36 bits per heavy atom. The van der Waals surface area contributed by atoms with Gasteiger partial charge in [-0.05, 0) is 41.7 Å². The van der Waals surface area contributed by atoms with Crippen LogP contribution in [-0.4, -0.2) is 29.4 Å². The Labute approximate surface area is 185 Å². The van der Waals surface area contributed by atoms with E-state index in [-0.39, 0.29) is 35.5 Å². The van der Waals surface area contributed by atoms with E-state index in [0.29, 0.717) is 19.0 Å². The minimum absolute atomic E-state index is 0. The van der Waals surface area contributed by atoms with Gasteiger partial charge in [-0.2, -0.15) is 11.8 Å². The molecule has 152 valence electrons. The maximum atomic E-state index is 13.0.